The Morgan fingerprint density at radius 1 is 1.42 bits per heavy atom. The third-order valence-corrected chi connectivity index (χ3v) is 4.20. The van der Waals surface area contributed by atoms with Crippen molar-refractivity contribution < 1.29 is 13.9 Å². The fourth-order valence-corrected chi connectivity index (χ4v) is 3.08. The minimum absolute atomic E-state index is 0.0701. The average Bonchev–Trinajstić information content (AvgIpc) is 2.43. The number of morpholine rings is 1. The van der Waals surface area contributed by atoms with E-state index in [1.54, 1.807) is 17.0 Å². The Kier molecular flexibility index (Phi) is 5.48. The zero-order valence-electron chi connectivity index (χ0n) is 10.4. The van der Waals surface area contributed by atoms with Crippen LogP contribution >= 0.6 is 23.4 Å². The summed E-state index contributed by atoms with van der Waals surface area (Å²) < 4.78 is 18.7. The number of ether oxygens (including phenoxy) is 1. The van der Waals surface area contributed by atoms with Gasteiger partial charge in [-0.1, -0.05) is 17.7 Å². The Labute approximate surface area is 121 Å². The van der Waals surface area contributed by atoms with E-state index in [2.05, 4.69) is 0 Å². The molecule has 0 unspecified atom stereocenters. The Morgan fingerprint density at radius 2 is 2.16 bits per heavy atom. The van der Waals surface area contributed by atoms with Crippen LogP contribution in [-0.2, 0) is 15.3 Å². The molecule has 0 spiro atoms. The molecular formula is C13H15ClFNO2S. The van der Waals surface area contributed by atoms with E-state index in [9.17, 15) is 9.18 Å². The molecule has 1 aromatic rings. The maximum absolute atomic E-state index is 13.5. The highest BCUT2D eigenvalue weighted by Gasteiger charge is 2.17. The standard InChI is InChI=1S/C13H15ClFNO2S/c14-11-2-1-3-12(15)10(11)8-19-9-13(17)16-4-6-18-7-5-16/h1-3H,4-9H2. The molecule has 0 aromatic heterocycles. The largest absolute Gasteiger partial charge is 0.378 e. The lowest BCUT2D eigenvalue weighted by molar-refractivity contribution is -0.132. The number of nitrogens with zero attached hydrogens (tertiary/aromatic N) is 1. The summed E-state index contributed by atoms with van der Waals surface area (Å²) in [4.78, 5) is 13.7. The number of hydrogen-bond donors (Lipinski definition) is 0. The van der Waals surface area contributed by atoms with E-state index in [1.807, 2.05) is 0 Å². The van der Waals surface area contributed by atoms with E-state index < -0.39 is 0 Å². The van der Waals surface area contributed by atoms with Crippen LogP contribution in [0.5, 0.6) is 0 Å². The quantitative estimate of drug-likeness (QED) is 0.856. The van der Waals surface area contributed by atoms with Crippen molar-refractivity contribution in [2.45, 2.75) is 5.75 Å². The van der Waals surface area contributed by atoms with E-state index >= 15 is 0 Å². The van der Waals surface area contributed by atoms with Gasteiger partial charge in [-0.05, 0) is 12.1 Å². The number of rotatable bonds is 4. The fraction of sp³-hybridized carbons (Fsp3) is 0.462. The van der Waals surface area contributed by atoms with Gasteiger partial charge in [0.1, 0.15) is 5.82 Å². The molecule has 1 fully saturated rings. The van der Waals surface area contributed by atoms with E-state index in [4.69, 9.17) is 16.3 Å². The normalized spacial score (nSPS) is 15.6. The molecule has 3 nitrogen and oxygen atoms in total. The van der Waals surface area contributed by atoms with Gasteiger partial charge in [0, 0.05) is 29.4 Å². The summed E-state index contributed by atoms with van der Waals surface area (Å²) in [5, 5.41) is 0.409. The van der Waals surface area contributed by atoms with Gasteiger partial charge in [0.05, 0.1) is 19.0 Å². The maximum Gasteiger partial charge on any atom is 0.232 e. The molecule has 0 atom stereocenters. The van der Waals surface area contributed by atoms with Crippen molar-refractivity contribution in [1.29, 1.82) is 0 Å². The average molecular weight is 304 g/mol. The van der Waals surface area contributed by atoms with Crippen LogP contribution in [0.1, 0.15) is 5.56 Å². The van der Waals surface area contributed by atoms with Crippen LogP contribution < -0.4 is 0 Å². The second-order valence-corrected chi connectivity index (χ2v) is 5.58. The van der Waals surface area contributed by atoms with Crippen molar-refractivity contribution in [2.24, 2.45) is 0 Å². The van der Waals surface area contributed by atoms with Gasteiger partial charge in [0.2, 0.25) is 5.91 Å². The molecule has 0 saturated carbocycles. The van der Waals surface area contributed by atoms with E-state index in [-0.39, 0.29) is 11.7 Å². The van der Waals surface area contributed by atoms with Gasteiger partial charge in [0.15, 0.2) is 0 Å². The molecule has 1 amide bonds. The first-order valence-corrected chi connectivity index (χ1v) is 7.58. The number of thioether (sulfide) groups is 1. The van der Waals surface area contributed by atoms with E-state index in [0.717, 1.165) is 0 Å². The molecule has 1 aliphatic rings. The van der Waals surface area contributed by atoms with Crippen LogP contribution in [0.2, 0.25) is 5.02 Å². The Morgan fingerprint density at radius 3 is 2.84 bits per heavy atom. The second-order valence-electron chi connectivity index (χ2n) is 4.19. The number of halogens is 2. The first-order valence-electron chi connectivity index (χ1n) is 6.04. The lowest BCUT2D eigenvalue weighted by Gasteiger charge is -2.26. The van der Waals surface area contributed by atoms with E-state index in [0.29, 0.717) is 48.4 Å². The zero-order chi connectivity index (χ0) is 13.7. The molecule has 1 aromatic carbocycles. The van der Waals surface area contributed by atoms with Gasteiger partial charge in [0.25, 0.3) is 0 Å². The first-order chi connectivity index (χ1) is 9.18. The van der Waals surface area contributed by atoms with Crippen molar-refractivity contribution in [3.05, 3.63) is 34.6 Å². The smallest absolute Gasteiger partial charge is 0.232 e. The molecular weight excluding hydrogens is 289 g/mol. The van der Waals surface area contributed by atoms with Crippen LogP contribution in [0, 0.1) is 5.82 Å². The summed E-state index contributed by atoms with van der Waals surface area (Å²) in [6.45, 7) is 2.46. The van der Waals surface area contributed by atoms with Crippen LogP contribution in [0.25, 0.3) is 0 Å². The third kappa shape index (κ3) is 4.09. The van der Waals surface area contributed by atoms with Crippen molar-refractivity contribution in [1.82, 2.24) is 4.90 Å². The third-order valence-electron chi connectivity index (χ3n) is 2.90. The SMILES string of the molecule is O=C(CSCc1c(F)cccc1Cl)N1CCOCC1. The van der Waals surface area contributed by atoms with Gasteiger partial charge in [-0.3, -0.25) is 4.79 Å². The Hall–Kier alpha value is -0.780. The summed E-state index contributed by atoms with van der Waals surface area (Å²) in [5.74, 6) is 0.492. The topological polar surface area (TPSA) is 29.5 Å². The Balaban J connectivity index is 1.81. The highest BCUT2D eigenvalue weighted by molar-refractivity contribution is 7.99. The summed E-state index contributed by atoms with van der Waals surface area (Å²) in [7, 11) is 0. The van der Waals surface area contributed by atoms with Gasteiger partial charge >= 0.3 is 0 Å². The van der Waals surface area contributed by atoms with Crippen LogP contribution in [0.4, 0.5) is 4.39 Å². The first kappa shape index (κ1) is 14.6. The van der Waals surface area contributed by atoms with Crippen LogP contribution in [-0.4, -0.2) is 42.9 Å². The van der Waals surface area contributed by atoms with Crippen molar-refractivity contribution in [3.8, 4) is 0 Å². The summed E-state index contributed by atoms with van der Waals surface area (Å²) in [6, 6.07) is 4.61. The molecule has 0 bridgehead atoms. The van der Waals surface area contributed by atoms with Crippen molar-refractivity contribution in [3.63, 3.8) is 0 Å². The zero-order valence-corrected chi connectivity index (χ0v) is 12.0. The molecule has 6 heteroatoms. The monoisotopic (exact) mass is 303 g/mol. The van der Waals surface area contributed by atoms with Gasteiger partial charge < -0.3 is 9.64 Å². The number of carbonyl (C=O) groups excluding carboxylic acids is 1. The maximum atomic E-state index is 13.5. The molecule has 0 aliphatic carbocycles. The summed E-state index contributed by atoms with van der Waals surface area (Å²) >= 11 is 7.31. The number of hydrogen-bond acceptors (Lipinski definition) is 3. The van der Waals surface area contributed by atoms with Crippen molar-refractivity contribution >= 4 is 29.3 Å². The highest BCUT2D eigenvalue weighted by atomic mass is 35.5. The van der Waals surface area contributed by atoms with Gasteiger partial charge in [-0.15, -0.1) is 11.8 Å². The number of benzene rings is 1. The minimum atomic E-state index is -0.321. The van der Waals surface area contributed by atoms with Crippen molar-refractivity contribution in [2.75, 3.05) is 32.1 Å². The van der Waals surface area contributed by atoms with E-state index in [1.165, 1.54) is 17.8 Å². The van der Waals surface area contributed by atoms with Gasteiger partial charge in [-0.2, -0.15) is 0 Å². The molecule has 1 aliphatic heterocycles. The lowest BCUT2D eigenvalue weighted by Crippen LogP contribution is -2.41. The summed E-state index contributed by atoms with van der Waals surface area (Å²) in [5.41, 5.74) is 0.462. The highest BCUT2D eigenvalue weighted by Crippen LogP contribution is 2.24. The lowest BCUT2D eigenvalue weighted by atomic mass is 10.2. The Bertz CT molecular complexity index is 432. The molecule has 0 N–H and O–H groups in total. The molecule has 19 heavy (non-hydrogen) atoms. The van der Waals surface area contributed by atoms with Crippen LogP contribution in [0.15, 0.2) is 18.2 Å². The minimum Gasteiger partial charge on any atom is -0.378 e. The fourth-order valence-electron chi connectivity index (χ4n) is 1.81. The number of carbonyl (C=O) groups is 1. The van der Waals surface area contributed by atoms with Gasteiger partial charge in [-0.25, -0.2) is 4.39 Å². The molecule has 2 rings (SSSR count). The second kappa shape index (κ2) is 7.12. The predicted molar refractivity (Wildman–Crippen MR) is 75.0 cm³/mol. The predicted octanol–water partition coefficient (Wildman–Crippen LogP) is 2.57. The molecule has 1 heterocycles. The molecule has 104 valence electrons. The summed E-state index contributed by atoms with van der Waals surface area (Å²) in [6.07, 6.45) is 0. The van der Waals surface area contributed by atoms with Crippen LogP contribution in [0.3, 0.4) is 0 Å². The molecule has 0 radical (unpaired) electrons. The molecule has 1 saturated heterocycles. The number of amides is 1.